The summed E-state index contributed by atoms with van der Waals surface area (Å²) >= 11 is 0. The average Bonchev–Trinajstić information content (AvgIpc) is 2.63. The van der Waals surface area contributed by atoms with Gasteiger partial charge < -0.3 is 10.1 Å². The SMILES string of the molecule is CCOC(=O)CCC(=O)NCc1cn(C)nc1C. The molecule has 1 aromatic heterocycles. The first-order valence-electron chi connectivity index (χ1n) is 5.94. The molecule has 0 saturated heterocycles. The van der Waals surface area contributed by atoms with E-state index in [9.17, 15) is 9.59 Å². The minimum absolute atomic E-state index is 0.117. The minimum atomic E-state index is -0.342. The number of ether oxygens (including phenoxy) is 1. The molecule has 1 amide bonds. The van der Waals surface area contributed by atoms with Gasteiger partial charge in [-0.2, -0.15) is 5.10 Å². The van der Waals surface area contributed by atoms with Gasteiger partial charge >= 0.3 is 5.97 Å². The van der Waals surface area contributed by atoms with Crippen molar-refractivity contribution in [2.45, 2.75) is 33.2 Å². The molecule has 0 fully saturated rings. The van der Waals surface area contributed by atoms with Crippen LogP contribution in [0.1, 0.15) is 31.0 Å². The van der Waals surface area contributed by atoms with E-state index in [4.69, 9.17) is 4.74 Å². The Hall–Kier alpha value is -1.85. The lowest BCUT2D eigenvalue weighted by molar-refractivity contribution is -0.144. The third-order valence-electron chi connectivity index (χ3n) is 2.45. The zero-order chi connectivity index (χ0) is 13.5. The predicted molar refractivity (Wildman–Crippen MR) is 65.7 cm³/mol. The first-order valence-corrected chi connectivity index (χ1v) is 5.94. The van der Waals surface area contributed by atoms with E-state index in [1.807, 2.05) is 20.2 Å². The zero-order valence-electron chi connectivity index (χ0n) is 11.0. The van der Waals surface area contributed by atoms with E-state index in [1.165, 1.54) is 0 Å². The number of hydrogen-bond acceptors (Lipinski definition) is 4. The Morgan fingerprint density at radius 2 is 2.17 bits per heavy atom. The second-order valence-corrected chi connectivity index (χ2v) is 4.00. The second-order valence-electron chi connectivity index (χ2n) is 4.00. The summed E-state index contributed by atoms with van der Waals surface area (Å²) in [5, 5.41) is 6.93. The first-order chi connectivity index (χ1) is 8.52. The van der Waals surface area contributed by atoms with E-state index < -0.39 is 0 Å². The van der Waals surface area contributed by atoms with Gasteiger partial charge in [0.05, 0.1) is 18.7 Å². The van der Waals surface area contributed by atoms with Crippen LogP contribution in [-0.4, -0.2) is 28.3 Å². The van der Waals surface area contributed by atoms with E-state index in [2.05, 4.69) is 10.4 Å². The largest absolute Gasteiger partial charge is 0.466 e. The molecule has 0 aliphatic carbocycles. The molecule has 1 heterocycles. The number of carbonyl (C=O) groups is 2. The number of carbonyl (C=O) groups excluding carboxylic acids is 2. The molecule has 18 heavy (non-hydrogen) atoms. The van der Waals surface area contributed by atoms with Crippen LogP contribution >= 0.6 is 0 Å². The number of amides is 1. The van der Waals surface area contributed by atoms with Crippen molar-refractivity contribution in [3.05, 3.63) is 17.5 Å². The molecular weight excluding hydrogens is 234 g/mol. The fourth-order valence-electron chi connectivity index (χ4n) is 1.55. The van der Waals surface area contributed by atoms with Gasteiger partial charge in [-0.3, -0.25) is 14.3 Å². The number of aromatic nitrogens is 2. The molecule has 1 aromatic rings. The maximum atomic E-state index is 11.5. The van der Waals surface area contributed by atoms with Crippen LogP contribution in [0.15, 0.2) is 6.20 Å². The molecule has 0 aliphatic heterocycles. The van der Waals surface area contributed by atoms with E-state index in [1.54, 1.807) is 11.6 Å². The molecule has 0 unspecified atom stereocenters. The molecule has 6 nitrogen and oxygen atoms in total. The van der Waals surface area contributed by atoms with Crippen LogP contribution in [0.5, 0.6) is 0 Å². The van der Waals surface area contributed by atoms with Crippen molar-refractivity contribution in [3.8, 4) is 0 Å². The number of nitrogens with one attached hydrogen (secondary N) is 1. The lowest BCUT2D eigenvalue weighted by Crippen LogP contribution is -2.23. The smallest absolute Gasteiger partial charge is 0.306 e. The highest BCUT2D eigenvalue weighted by molar-refractivity contribution is 5.81. The van der Waals surface area contributed by atoms with Crippen LogP contribution in [0.4, 0.5) is 0 Å². The number of aryl methyl sites for hydroxylation is 2. The quantitative estimate of drug-likeness (QED) is 0.757. The van der Waals surface area contributed by atoms with E-state index >= 15 is 0 Å². The van der Waals surface area contributed by atoms with E-state index in [0.29, 0.717) is 13.2 Å². The van der Waals surface area contributed by atoms with Crippen LogP contribution < -0.4 is 5.32 Å². The summed E-state index contributed by atoms with van der Waals surface area (Å²) < 4.78 is 6.45. The van der Waals surface area contributed by atoms with Crippen molar-refractivity contribution in [2.24, 2.45) is 7.05 Å². The maximum Gasteiger partial charge on any atom is 0.306 e. The summed E-state index contributed by atoms with van der Waals surface area (Å²) in [4.78, 5) is 22.6. The van der Waals surface area contributed by atoms with Gasteiger partial charge in [-0.25, -0.2) is 0 Å². The summed E-state index contributed by atoms with van der Waals surface area (Å²) in [6.07, 6.45) is 2.13. The second kappa shape index (κ2) is 6.78. The molecule has 0 atom stereocenters. The summed E-state index contributed by atoms with van der Waals surface area (Å²) in [6, 6.07) is 0. The molecular formula is C12H19N3O3. The molecule has 1 N–H and O–H groups in total. The molecule has 0 aliphatic rings. The summed E-state index contributed by atoms with van der Waals surface area (Å²) in [6.45, 7) is 4.40. The van der Waals surface area contributed by atoms with Crippen molar-refractivity contribution in [1.29, 1.82) is 0 Å². The summed E-state index contributed by atoms with van der Waals surface area (Å²) in [5.74, 6) is -0.503. The summed E-state index contributed by atoms with van der Waals surface area (Å²) in [7, 11) is 1.83. The van der Waals surface area contributed by atoms with Gasteiger partial charge in [0.1, 0.15) is 0 Å². The number of esters is 1. The van der Waals surface area contributed by atoms with Crippen molar-refractivity contribution in [2.75, 3.05) is 6.61 Å². The third kappa shape index (κ3) is 4.57. The Balaban J connectivity index is 2.29. The van der Waals surface area contributed by atoms with Gasteiger partial charge in [0.15, 0.2) is 0 Å². The van der Waals surface area contributed by atoms with Crippen molar-refractivity contribution in [3.63, 3.8) is 0 Å². The van der Waals surface area contributed by atoms with Gasteiger partial charge in [0.25, 0.3) is 0 Å². The van der Waals surface area contributed by atoms with Gasteiger partial charge in [0.2, 0.25) is 5.91 Å². The molecule has 6 heteroatoms. The third-order valence-corrected chi connectivity index (χ3v) is 2.45. The Morgan fingerprint density at radius 1 is 1.44 bits per heavy atom. The molecule has 0 radical (unpaired) electrons. The molecule has 0 aromatic carbocycles. The lowest BCUT2D eigenvalue weighted by atomic mass is 10.2. The highest BCUT2D eigenvalue weighted by Crippen LogP contribution is 2.04. The van der Waals surface area contributed by atoms with Crippen LogP contribution in [0.2, 0.25) is 0 Å². The highest BCUT2D eigenvalue weighted by Gasteiger charge is 2.08. The number of nitrogens with zero attached hydrogens (tertiary/aromatic N) is 2. The van der Waals surface area contributed by atoms with Crippen LogP contribution in [0.25, 0.3) is 0 Å². The van der Waals surface area contributed by atoms with Crippen molar-refractivity contribution < 1.29 is 14.3 Å². The Kier molecular flexibility index (Phi) is 5.35. The van der Waals surface area contributed by atoms with Crippen molar-refractivity contribution in [1.82, 2.24) is 15.1 Å². The van der Waals surface area contributed by atoms with E-state index in [0.717, 1.165) is 11.3 Å². The van der Waals surface area contributed by atoms with Gasteiger partial charge in [-0.1, -0.05) is 0 Å². The molecule has 0 bridgehead atoms. The zero-order valence-corrected chi connectivity index (χ0v) is 11.0. The Bertz CT molecular complexity index is 426. The average molecular weight is 253 g/mol. The minimum Gasteiger partial charge on any atom is -0.466 e. The Labute approximate surface area is 106 Å². The van der Waals surface area contributed by atoms with Crippen LogP contribution in [-0.2, 0) is 27.9 Å². The highest BCUT2D eigenvalue weighted by atomic mass is 16.5. The molecule has 0 spiro atoms. The maximum absolute atomic E-state index is 11.5. The monoisotopic (exact) mass is 253 g/mol. The molecule has 100 valence electrons. The fraction of sp³-hybridized carbons (Fsp3) is 0.583. The Morgan fingerprint density at radius 3 is 2.72 bits per heavy atom. The normalized spacial score (nSPS) is 10.2. The van der Waals surface area contributed by atoms with Crippen LogP contribution in [0, 0.1) is 6.92 Å². The van der Waals surface area contributed by atoms with Crippen molar-refractivity contribution >= 4 is 11.9 Å². The number of rotatable bonds is 6. The standard InChI is InChI=1S/C12H19N3O3/c1-4-18-12(17)6-5-11(16)13-7-10-8-15(3)14-9(10)2/h8H,4-7H2,1-3H3,(H,13,16). The summed E-state index contributed by atoms with van der Waals surface area (Å²) in [5.41, 5.74) is 1.87. The van der Waals surface area contributed by atoms with Gasteiger partial charge in [0, 0.05) is 31.8 Å². The fourth-order valence-corrected chi connectivity index (χ4v) is 1.55. The van der Waals surface area contributed by atoms with Gasteiger partial charge in [-0.05, 0) is 13.8 Å². The van der Waals surface area contributed by atoms with Gasteiger partial charge in [-0.15, -0.1) is 0 Å². The first kappa shape index (κ1) is 14.2. The molecule has 0 saturated carbocycles. The topological polar surface area (TPSA) is 73.2 Å². The molecule has 1 rings (SSSR count). The van der Waals surface area contributed by atoms with Crippen LogP contribution in [0.3, 0.4) is 0 Å². The number of hydrogen-bond donors (Lipinski definition) is 1. The van der Waals surface area contributed by atoms with E-state index in [-0.39, 0.29) is 24.7 Å². The predicted octanol–water partition coefficient (Wildman–Crippen LogP) is 0.688. The lowest BCUT2D eigenvalue weighted by Gasteiger charge is -2.04.